The number of phosphoric acid groups is 1. The van der Waals surface area contributed by atoms with E-state index >= 15 is 0 Å². The number of carbonyl (C=O) groups is 2. The predicted molar refractivity (Wildman–Crippen MR) is 247 cm³/mol. The van der Waals surface area contributed by atoms with Crippen molar-refractivity contribution < 1.29 is 37.6 Å². The predicted octanol–water partition coefficient (Wildman–Crippen LogP) is 12.9. The Hall–Kier alpha value is -3.59. The summed E-state index contributed by atoms with van der Waals surface area (Å²) in [6.45, 7) is 3.47. The van der Waals surface area contributed by atoms with Gasteiger partial charge in [-0.15, -0.1) is 0 Å². The average molecular weight is 840 g/mol. The van der Waals surface area contributed by atoms with Crippen LogP contribution in [0.15, 0.2) is 122 Å². The Morgan fingerprint density at radius 2 is 0.864 bits per heavy atom. The lowest BCUT2D eigenvalue weighted by atomic mass is 10.2. The minimum absolute atomic E-state index is 0.0257. The summed E-state index contributed by atoms with van der Waals surface area (Å²) < 4.78 is 32.6. The second-order valence-electron chi connectivity index (χ2n) is 13.8. The summed E-state index contributed by atoms with van der Waals surface area (Å²) >= 11 is 0. The molecule has 0 radical (unpaired) electrons. The minimum Gasteiger partial charge on any atom is -0.462 e. The highest BCUT2D eigenvalue weighted by Gasteiger charge is 2.25. The average Bonchev–Trinajstić information content (AvgIpc) is 3.22. The van der Waals surface area contributed by atoms with E-state index in [4.69, 9.17) is 24.3 Å². The smallest absolute Gasteiger partial charge is 0.462 e. The number of esters is 2. The molecule has 2 unspecified atom stereocenters. The Kier molecular flexibility index (Phi) is 41.3. The number of unbranched alkanes of at least 4 members (excludes halogenated alkanes) is 6. The Morgan fingerprint density at radius 3 is 1.24 bits per heavy atom. The zero-order chi connectivity index (χ0) is 43.2. The number of nitrogens with two attached hydrogens (primary N) is 1. The van der Waals surface area contributed by atoms with Crippen LogP contribution in [-0.4, -0.2) is 49.3 Å². The van der Waals surface area contributed by atoms with Gasteiger partial charge in [-0.3, -0.25) is 18.6 Å². The maximum absolute atomic E-state index is 12.6. The van der Waals surface area contributed by atoms with Crippen molar-refractivity contribution in [3.63, 3.8) is 0 Å². The van der Waals surface area contributed by atoms with Crippen LogP contribution in [0, 0.1) is 0 Å². The maximum Gasteiger partial charge on any atom is 0.472 e. The van der Waals surface area contributed by atoms with Crippen molar-refractivity contribution in [3.05, 3.63) is 122 Å². The number of phosphoric ester groups is 1. The van der Waals surface area contributed by atoms with Gasteiger partial charge >= 0.3 is 19.8 Å². The summed E-state index contributed by atoms with van der Waals surface area (Å²) in [7, 11) is -4.42. The van der Waals surface area contributed by atoms with Crippen LogP contribution in [0.3, 0.4) is 0 Å². The zero-order valence-electron chi connectivity index (χ0n) is 36.4. The van der Waals surface area contributed by atoms with Gasteiger partial charge in [0, 0.05) is 19.4 Å². The van der Waals surface area contributed by atoms with E-state index in [9.17, 15) is 19.0 Å². The lowest BCUT2D eigenvalue weighted by Crippen LogP contribution is -2.29. The van der Waals surface area contributed by atoms with E-state index in [0.29, 0.717) is 12.8 Å². The Bertz CT molecular complexity index is 1370. The van der Waals surface area contributed by atoms with Crippen molar-refractivity contribution in [1.82, 2.24) is 0 Å². The third-order valence-corrected chi connectivity index (χ3v) is 9.33. The molecule has 0 aliphatic carbocycles. The molecule has 0 amide bonds. The highest BCUT2D eigenvalue weighted by atomic mass is 31.2. The zero-order valence-corrected chi connectivity index (χ0v) is 37.3. The first-order valence-corrected chi connectivity index (χ1v) is 23.5. The molecule has 0 heterocycles. The van der Waals surface area contributed by atoms with E-state index < -0.39 is 32.5 Å². The number of hydrogen-bond donors (Lipinski definition) is 2. The van der Waals surface area contributed by atoms with Crippen LogP contribution in [0.4, 0.5) is 0 Å². The fourth-order valence-corrected chi connectivity index (χ4v) is 5.83. The van der Waals surface area contributed by atoms with Crippen LogP contribution in [0.2, 0.25) is 0 Å². The summed E-state index contributed by atoms with van der Waals surface area (Å²) in [5, 5.41) is 0. The lowest BCUT2D eigenvalue weighted by Gasteiger charge is -2.19. The number of carbonyl (C=O) groups excluding carboxylic acids is 2. The molecule has 2 atom stereocenters. The molecular formula is C49H78NO8P. The van der Waals surface area contributed by atoms with Gasteiger partial charge in [0.25, 0.3) is 0 Å². The standard InChI is InChI=1S/C49H78NO8P/c1-3-5-7-9-11-13-15-17-19-21-23-25-27-29-31-33-35-37-39-41-48(51)55-45-47(46-57-59(53,54)56-44-43-50)58-49(52)42-40-38-36-34-32-30-28-26-24-22-20-18-16-14-12-10-8-6-4-2/h11-14,17-20,23-26,29-32,35-38,47H,3-10,15-16,21-22,27-28,33-34,39-46,50H2,1-2H3,(H,53,54). The first kappa shape index (κ1) is 55.4. The van der Waals surface area contributed by atoms with Crippen molar-refractivity contribution in [2.24, 2.45) is 5.73 Å². The normalized spacial score (nSPS) is 14.4. The summed E-state index contributed by atoms with van der Waals surface area (Å²) in [6.07, 6.45) is 59.7. The minimum atomic E-state index is -4.42. The molecule has 0 saturated carbocycles. The van der Waals surface area contributed by atoms with Crippen molar-refractivity contribution in [1.29, 1.82) is 0 Å². The molecule has 0 aromatic heterocycles. The first-order chi connectivity index (χ1) is 28.8. The number of allylic oxidation sites excluding steroid dienone is 20. The van der Waals surface area contributed by atoms with Gasteiger partial charge in [-0.2, -0.15) is 0 Å². The quantitative estimate of drug-likeness (QED) is 0.0268. The van der Waals surface area contributed by atoms with Gasteiger partial charge in [-0.25, -0.2) is 4.57 Å². The van der Waals surface area contributed by atoms with Gasteiger partial charge in [0.05, 0.1) is 13.2 Å². The van der Waals surface area contributed by atoms with Gasteiger partial charge in [-0.05, 0) is 89.9 Å². The molecule has 9 nitrogen and oxygen atoms in total. The number of hydrogen-bond acceptors (Lipinski definition) is 8. The molecule has 0 aliphatic rings. The second kappa shape index (κ2) is 44.0. The molecule has 10 heteroatoms. The maximum atomic E-state index is 12.6. The van der Waals surface area contributed by atoms with Crippen LogP contribution in [0.1, 0.15) is 142 Å². The molecule has 0 fully saturated rings. The van der Waals surface area contributed by atoms with Crippen LogP contribution < -0.4 is 5.73 Å². The molecule has 0 saturated heterocycles. The molecule has 0 rings (SSSR count). The van der Waals surface area contributed by atoms with Gasteiger partial charge < -0.3 is 20.1 Å². The molecule has 3 N–H and O–H groups in total. The summed E-state index contributed by atoms with van der Waals surface area (Å²) in [5.74, 6) is -1.03. The van der Waals surface area contributed by atoms with E-state index in [-0.39, 0.29) is 32.6 Å². The molecule has 0 aromatic rings. The highest BCUT2D eigenvalue weighted by Crippen LogP contribution is 2.43. The van der Waals surface area contributed by atoms with Gasteiger partial charge in [-0.1, -0.05) is 161 Å². The summed E-state index contributed by atoms with van der Waals surface area (Å²) in [6, 6.07) is 0. The lowest BCUT2D eigenvalue weighted by molar-refractivity contribution is -0.161. The van der Waals surface area contributed by atoms with E-state index in [1.807, 2.05) is 24.3 Å². The van der Waals surface area contributed by atoms with Gasteiger partial charge in [0.15, 0.2) is 6.10 Å². The highest BCUT2D eigenvalue weighted by molar-refractivity contribution is 7.47. The molecule has 0 aromatic carbocycles. The van der Waals surface area contributed by atoms with E-state index in [1.54, 1.807) is 0 Å². The van der Waals surface area contributed by atoms with E-state index in [1.165, 1.54) is 51.4 Å². The Balaban J connectivity index is 4.43. The van der Waals surface area contributed by atoms with Crippen LogP contribution in [0.25, 0.3) is 0 Å². The first-order valence-electron chi connectivity index (χ1n) is 22.0. The van der Waals surface area contributed by atoms with Crippen LogP contribution >= 0.6 is 7.82 Å². The third-order valence-electron chi connectivity index (χ3n) is 8.35. The molecule has 0 bridgehead atoms. The molecule has 332 valence electrons. The van der Waals surface area contributed by atoms with Crippen LogP contribution in [-0.2, 0) is 32.7 Å². The van der Waals surface area contributed by atoms with Gasteiger partial charge in [0.1, 0.15) is 6.61 Å². The van der Waals surface area contributed by atoms with Crippen molar-refractivity contribution in [3.8, 4) is 0 Å². The Morgan fingerprint density at radius 1 is 0.508 bits per heavy atom. The van der Waals surface area contributed by atoms with Crippen molar-refractivity contribution in [2.75, 3.05) is 26.4 Å². The monoisotopic (exact) mass is 840 g/mol. The number of ether oxygens (including phenoxy) is 2. The summed E-state index contributed by atoms with van der Waals surface area (Å²) in [4.78, 5) is 34.8. The molecular weight excluding hydrogens is 762 g/mol. The largest absolute Gasteiger partial charge is 0.472 e. The SMILES string of the molecule is CCCCCC=CCC=CCC=CCC=CCC=CCCC(=O)OCC(COP(=O)(O)OCCN)OC(=O)CCC=CCC=CCC=CCC=CCC=CCCCCC. The molecule has 0 aliphatic heterocycles. The van der Waals surface area contributed by atoms with Crippen molar-refractivity contribution in [2.45, 2.75) is 148 Å². The van der Waals surface area contributed by atoms with E-state index in [2.05, 4.69) is 111 Å². The number of rotatable bonds is 39. The van der Waals surface area contributed by atoms with E-state index in [0.717, 1.165) is 51.4 Å². The van der Waals surface area contributed by atoms with Crippen molar-refractivity contribution >= 4 is 19.8 Å². The second-order valence-corrected chi connectivity index (χ2v) is 15.3. The summed E-state index contributed by atoms with van der Waals surface area (Å²) in [5.41, 5.74) is 5.34. The topological polar surface area (TPSA) is 134 Å². The fourth-order valence-electron chi connectivity index (χ4n) is 5.07. The molecule has 0 spiro atoms. The molecule has 59 heavy (non-hydrogen) atoms. The van der Waals surface area contributed by atoms with Crippen LogP contribution in [0.5, 0.6) is 0 Å². The fraction of sp³-hybridized carbons (Fsp3) is 0.551. The Labute approximate surface area is 358 Å². The van der Waals surface area contributed by atoms with Gasteiger partial charge in [0.2, 0.25) is 0 Å². The third kappa shape index (κ3) is 43.8.